The van der Waals surface area contributed by atoms with Gasteiger partial charge in [0.2, 0.25) is 0 Å². The van der Waals surface area contributed by atoms with Crippen molar-refractivity contribution in [3.8, 4) is 5.75 Å². The van der Waals surface area contributed by atoms with Crippen molar-refractivity contribution < 1.29 is 14.7 Å². The number of imide groups is 1. The Labute approximate surface area is 128 Å². The Morgan fingerprint density at radius 1 is 1.05 bits per heavy atom. The van der Waals surface area contributed by atoms with Crippen LogP contribution >= 0.6 is 15.9 Å². The van der Waals surface area contributed by atoms with Crippen LogP contribution in [0.15, 0.2) is 52.0 Å². The number of halogens is 1. The molecule has 1 aliphatic heterocycles. The molecule has 0 fully saturated rings. The number of carbonyl (C=O) groups excluding carboxylic acids is 2. The SMILES string of the molecule is O=C1c2ccccc2C(=O)N1/N=C\c1ccc(O)c(Br)c1. The first-order valence-corrected chi connectivity index (χ1v) is 6.87. The minimum absolute atomic E-state index is 0.105. The number of benzene rings is 2. The molecule has 1 heterocycles. The summed E-state index contributed by atoms with van der Waals surface area (Å²) in [4.78, 5) is 24.2. The van der Waals surface area contributed by atoms with Crippen LogP contribution in [0.1, 0.15) is 26.3 Å². The van der Waals surface area contributed by atoms with E-state index in [-0.39, 0.29) is 5.75 Å². The van der Waals surface area contributed by atoms with E-state index in [9.17, 15) is 14.7 Å². The Hall–Kier alpha value is -2.47. The number of rotatable bonds is 2. The van der Waals surface area contributed by atoms with E-state index in [1.807, 2.05) is 0 Å². The van der Waals surface area contributed by atoms with E-state index < -0.39 is 11.8 Å². The molecule has 1 N–H and O–H groups in total. The largest absolute Gasteiger partial charge is 0.507 e. The van der Waals surface area contributed by atoms with Gasteiger partial charge in [-0.2, -0.15) is 10.1 Å². The zero-order valence-electron chi connectivity index (χ0n) is 10.7. The van der Waals surface area contributed by atoms with Crippen LogP contribution < -0.4 is 0 Å². The van der Waals surface area contributed by atoms with Crippen molar-refractivity contribution in [2.24, 2.45) is 5.10 Å². The van der Waals surface area contributed by atoms with Crippen molar-refractivity contribution in [1.29, 1.82) is 0 Å². The van der Waals surface area contributed by atoms with Crippen LogP contribution in [0.4, 0.5) is 0 Å². The third-order valence-corrected chi connectivity index (χ3v) is 3.70. The Balaban J connectivity index is 1.89. The summed E-state index contributed by atoms with van der Waals surface area (Å²) in [6.07, 6.45) is 1.39. The fourth-order valence-corrected chi connectivity index (χ4v) is 2.41. The molecule has 0 saturated heterocycles. The van der Waals surface area contributed by atoms with Crippen molar-refractivity contribution in [3.63, 3.8) is 0 Å². The van der Waals surface area contributed by atoms with Crippen LogP contribution in [-0.2, 0) is 0 Å². The van der Waals surface area contributed by atoms with E-state index in [4.69, 9.17) is 0 Å². The third kappa shape index (κ3) is 2.34. The number of phenols is 1. The quantitative estimate of drug-likeness (QED) is 0.672. The summed E-state index contributed by atoms with van der Waals surface area (Å²) in [6, 6.07) is 11.4. The maximum Gasteiger partial charge on any atom is 0.282 e. The lowest BCUT2D eigenvalue weighted by atomic mass is 10.1. The zero-order valence-corrected chi connectivity index (χ0v) is 12.2. The zero-order chi connectivity index (χ0) is 15.0. The second kappa shape index (κ2) is 5.14. The summed E-state index contributed by atoms with van der Waals surface area (Å²) >= 11 is 3.19. The summed E-state index contributed by atoms with van der Waals surface area (Å²) in [5.74, 6) is -0.776. The van der Waals surface area contributed by atoms with Crippen molar-refractivity contribution in [3.05, 3.63) is 63.6 Å². The first-order chi connectivity index (χ1) is 10.1. The lowest BCUT2D eigenvalue weighted by Crippen LogP contribution is -2.23. The molecule has 104 valence electrons. The number of aromatic hydroxyl groups is 1. The van der Waals surface area contributed by atoms with Gasteiger partial charge in [-0.1, -0.05) is 12.1 Å². The minimum Gasteiger partial charge on any atom is -0.507 e. The molecule has 21 heavy (non-hydrogen) atoms. The van der Waals surface area contributed by atoms with Crippen molar-refractivity contribution in [2.75, 3.05) is 0 Å². The Morgan fingerprint density at radius 2 is 1.67 bits per heavy atom. The topological polar surface area (TPSA) is 70.0 Å². The minimum atomic E-state index is -0.440. The predicted octanol–water partition coefficient (Wildman–Crippen LogP) is 2.78. The number of nitrogens with zero attached hydrogens (tertiary/aromatic N) is 2. The van der Waals surface area contributed by atoms with Gasteiger partial charge in [-0.05, 0) is 51.8 Å². The van der Waals surface area contributed by atoms with Gasteiger partial charge in [0, 0.05) is 0 Å². The van der Waals surface area contributed by atoms with E-state index >= 15 is 0 Å². The molecule has 0 aliphatic carbocycles. The summed E-state index contributed by atoms with van der Waals surface area (Å²) < 4.78 is 0.508. The maximum atomic E-state index is 12.1. The molecule has 0 aromatic heterocycles. The molecule has 0 saturated carbocycles. The van der Waals surface area contributed by atoms with E-state index in [1.165, 1.54) is 12.3 Å². The molecular formula is C15H9BrN2O3. The molecule has 0 radical (unpaired) electrons. The van der Waals surface area contributed by atoms with E-state index in [1.54, 1.807) is 36.4 Å². The van der Waals surface area contributed by atoms with Gasteiger partial charge in [0.05, 0.1) is 21.8 Å². The number of amides is 2. The molecule has 3 rings (SSSR count). The van der Waals surface area contributed by atoms with E-state index in [0.717, 1.165) is 5.01 Å². The van der Waals surface area contributed by atoms with E-state index in [2.05, 4.69) is 21.0 Å². The molecule has 5 nitrogen and oxygen atoms in total. The maximum absolute atomic E-state index is 12.1. The van der Waals surface area contributed by atoms with Crippen LogP contribution in [0.3, 0.4) is 0 Å². The number of hydrogen-bond acceptors (Lipinski definition) is 4. The molecular weight excluding hydrogens is 336 g/mol. The number of fused-ring (bicyclic) bond motifs is 1. The monoisotopic (exact) mass is 344 g/mol. The Bertz CT molecular complexity index is 751. The highest BCUT2D eigenvalue weighted by molar-refractivity contribution is 9.10. The number of carbonyl (C=O) groups is 2. The fraction of sp³-hybridized carbons (Fsp3) is 0. The molecule has 0 unspecified atom stereocenters. The summed E-state index contributed by atoms with van der Waals surface area (Å²) in [6.45, 7) is 0. The van der Waals surface area contributed by atoms with Gasteiger partial charge < -0.3 is 5.11 Å². The van der Waals surface area contributed by atoms with Gasteiger partial charge in [-0.25, -0.2) is 0 Å². The van der Waals surface area contributed by atoms with Gasteiger partial charge in [-0.3, -0.25) is 9.59 Å². The van der Waals surface area contributed by atoms with Crippen LogP contribution in [0.2, 0.25) is 0 Å². The highest BCUT2D eigenvalue weighted by atomic mass is 79.9. The lowest BCUT2D eigenvalue weighted by Gasteiger charge is -2.05. The second-order valence-corrected chi connectivity index (χ2v) is 5.28. The molecule has 0 bridgehead atoms. The summed E-state index contributed by atoms with van der Waals surface area (Å²) in [5, 5.41) is 14.2. The molecule has 2 aromatic carbocycles. The van der Waals surface area contributed by atoms with Gasteiger partial charge in [-0.15, -0.1) is 0 Å². The van der Waals surface area contributed by atoms with Crippen molar-refractivity contribution >= 4 is 34.0 Å². The van der Waals surface area contributed by atoms with Crippen LogP contribution in [0.25, 0.3) is 0 Å². The lowest BCUT2D eigenvalue weighted by molar-refractivity contribution is 0.0660. The van der Waals surface area contributed by atoms with Crippen molar-refractivity contribution in [2.45, 2.75) is 0 Å². The van der Waals surface area contributed by atoms with E-state index in [0.29, 0.717) is 21.2 Å². The van der Waals surface area contributed by atoms with Crippen LogP contribution in [0, 0.1) is 0 Å². The average molecular weight is 345 g/mol. The highest BCUT2D eigenvalue weighted by Gasteiger charge is 2.35. The van der Waals surface area contributed by atoms with Gasteiger partial charge in [0.15, 0.2) is 0 Å². The summed E-state index contributed by atoms with van der Waals surface area (Å²) in [7, 11) is 0. The molecule has 2 aromatic rings. The molecule has 6 heteroatoms. The van der Waals surface area contributed by atoms with Crippen molar-refractivity contribution in [1.82, 2.24) is 5.01 Å². The third-order valence-electron chi connectivity index (χ3n) is 3.07. The first kappa shape index (κ1) is 13.5. The Kier molecular flexibility index (Phi) is 3.31. The molecule has 2 amide bonds. The molecule has 0 spiro atoms. The number of phenolic OH excluding ortho intramolecular Hbond substituents is 1. The summed E-state index contributed by atoms with van der Waals surface area (Å²) in [5.41, 5.74) is 1.36. The molecule has 1 aliphatic rings. The molecule has 0 atom stereocenters. The van der Waals surface area contributed by atoms with Gasteiger partial charge >= 0.3 is 0 Å². The van der Waals surface area contributed by atoms with Crippen LogP contribution in [0.5, 0.6) is 5.75 Å². The Morgan fingerprint density at radius 3 is 2.24 bits per heavy atom. The van der Waals surface area contributed by atoms with Crippen LogP contribution in [-0.4, -0.2) is 28.1 Å². The second-order valence-electron chi connectivity index (χ2n) is 4.42. The van der Waals surface area contributed by atoms with Gasteiger partial charge in [0.1, 0.15) is 5.75 Å². The number of hydrazone groups is 1. The number of hydrogen-bond donors (Lipinski definition) is 1. The average Bonchev–Trinajstić information content (AvgIpc) is 2.73. The van der Waals surface area contributed by atoms with Gasteiger partial charge in [0.25, 0.3) is 11.8 Å². The fourth-order valence-electron chi connectivity index (χ4n) is 2.01. The first-order valence-electron chi connectivity index (χ1n) is 6.08. The normalized spacial score (nSPS) is 14.0. The smallest absolute Gasteiger partial charge is 0.282 e. The predicted molar refractivity (Wildman–Crippen MR) is 80.3 cm³/mol. The standard InChI is InChI=1S/C15H9BrN2O3/c16-12-7-9(5-6-13(12)19)8-17-18-14(20)10-3-1-2-4-11(10)15(18)21/h1-8,19H/b17-8-. The highest BCUT2D eigenvalue weighted by Crippen LogP contribution is 2.25.